The number of rotatable bonds is 6. The Morgan fingerprint density at radius 1 is 1.20 bits per heavy atom. The molecule has 82 valence electrons. The zero-order valence-electron chi connectivity index (χ0n) is 8.47. The molecule has 5 heteroatoms. The van der Waals surface area contributed by atoms with Gasteiger partial charge in [0.05, 0.1) is 6.61 Å². The van der Waals surface area contributed by atoms with Gasteiger partial charge in [0, 0.05) is 6.61 Å². The van der Waals surface area contributed by atoms with Gasteiger partial charge in [0.1, 0.15) is 5.75 Å². The van der Waals surface area contributed by atoms with E-state index in [1.165, 1.54) is 0 Å². The van der Waals surface area contributed by atoms with Crippen LogP contribution in [0.5, 0.6) is 5.75 Å². The van der Waals surface area contributed by atoms with Crippen molar-refractivity contribution in [3.05, 3.63) is 24.3 Å². The summed E-state index contributed by atoms with van der Waals surface area (Å²) in [7, 11) is -1.47. The average molecular weight is 210 g/mol. The van der Waals surface area contributed by atoms with Gasteiger partial charge in [-0.25, -0.2) is 0 Å². The van der Waals surface area contributed by atoms with Crippen molar-refractivity contribution in [2.24, 2.45) is 0 Å². The fourth-order valence-corrected chi connectivity index (χ4v) is 1.17. The van der Waals surface area contributed by atoms with E-state index in [0.717, 1.165) is 6.42 Å². The zero-order chi connectivity index (χ0) is 11.1. The van der Waals surface area contributed by atoms with Gasteiger partial charge in [-0.15, -0.1) is 0 Å². The van der Waals surface area contributed by atoms with E-state index in [9.17, 15) is 0 Å². The minimum absolute atomic E-state index is 0.165. The lowest BCUT2D eigenvalue weighted by Crippen LogP contribution is -2.29. The second-order valence-corrected chi connectivity index (χ2v) is 3.23. The van der Waals surface area contributed by atoms with Gasteiger partial charge in [0.15, 0.2) is 0 Å². The summed E-state index contributed by atoms with van der Waals surface area (Å²) >= 11 is 0. The van der Waals surface area contributed by atoms with Gasteiger partial charge in [-0.1, -0.05) is 12.1 Å². The van der Waals surface area contributed by atoms with E-state index >= 15 is 0 Å². The van der Waals surface area contributed by atoms with Crippen molar-refractivity contribution >= 4 is 12.6 Å². The van der Waals surface area contributed by atoms with Crippen molar-refractivity contribution in [3.8, 4) is 5.75 Å². The van der Waals surface area contributed by atoms with E-state index in [1.54, 1.807) is 24.3 Å². The number of aliphatic hydroxyl groups is 1. The highest BCUT2D eigenvalue weighted by Gasteiger charge is 2.10. The summed E-state index contributed by atoms with van der Waals surface area (Å²) in [5, 5.41) is 26.4. The summed E-state index contributed by atoms with van der Waals surface area (Å²) in [6.45, 7) is 0.685. The number of benzene rings is 1. The molecular formula is C10H15BO4. The molecule has 0 bridgehead atoms. The molecule has 4 nitrogen and oxygen atoms in total. The van der Waals surface area contributed by atoms with Gasteiger partial charge >= 0.3 is 7.12 Å². The van der Waals surface area contributed by atoms with E-state index in [-0.39, 0.29) is 6.61 Å². The van der Waals surface area contributed by atoms with Gasteiger partial charge in [-0.2, -0.15) is 0 Å². The van der Waals surface area contributed by atoms with Crippen LogP contribution in [0.4, 0.5) is 0 Å². The van der Waals surface area contributed by atoms with Crippen LogP contribution >= 0.6 is 0 Å². The minimum Gasteiger partial charge on any atom is -0.494 e. The van der Waals surface area contributed by atoms with Crippen molar-refractivity contribution in [2.75, 3.05) is 13.2 Å². The van der Waals surface area contributed by atoms with Gasteiger partial charge in [-0.05, 0) is 30.4 Å². The van der Waals surface area contributed by atoms with E-state index < -0.39 is 7.12 Å². The van der Waals surface area contributed by atoms with Crippen LogP contribution in [0.25, 0.3) is 0 Å². The third kappa shape index (κ3) is 4.33. The summed E-state index contributed by atoms with van der Waals surface area (Å²) in [6, 6.07) is 6.66. The molecule has 0 aromatic heterocycles. The Morgan fingerprint density at radius 3 is 2.67 bits per heavy atom. The highest BCUT2D eigenvalue weighted by molar-refractivity contribution is 6.58. The summed E-state index contributed by atoms with van der Waals surface area (Å²) < 4.78 is 5.37. The predicted octanol–water partition coefficient (Wildman–Crippen LogP) is -0.482. The summed E-state index contributed by atoms with van der Waals surface area (Å²) in [5.74, 6) is 0.610. The molecule has 0 spiro atoms. The molecule has 0 radical (unpaired) electrons. The maximum absolute atomic E-state index is 8.92. The number of aliphatic hydroxyl groups excluding tert-OH is 1. The van der Waals surface area contributed by atoms with Crippen molar-refractivity contribution in [1.29, 1.82) is 0 Å². The van der Waals surface area contributed by atoms with E-state index in [0.29, 0.717) is 24.2 Å². The molecule has 15 heavy (non-hydrogen) atoms. The van der Waals surface area contributed by atoms with Crippen LogP contribution in [-0.2, 0) is 0 Å². The van der Waals surface area contributed by atoms with Crippen LogP contribution < -0.4 is 10.2 Å². The minimum atomic E-state index is -1.47. The number of unbranched alkanes of at least 4 members (excludes halogenated alkanes) is 1. The molecular weight excluding hydrogens is 195 g/mol. The molecule has 1 aromatic carbocycles. The van der Waals surface area contributed by atoms with Gasteiger partial charge in [-0.3, -0.25) is 0 Å². The molecule has 0 aliphatic heterocycles. The first-order valence-corrected chi connectivity index (χ1v) is 4.94. The van der Waals surface area contributed by atoms with E-state index in [4.69, 9.17) is 19.9 Å². The fourth-order valence-electron chi connectivity index (χ4n) is 1.17. The van der Waals surface area contributed by atoms with E-state index in [1.807, 2.05) is 0 Å². The molecule has 0 heterocycles. The van der Waals surface area contributed by atoms with Crippen molar-refractivity contribution in [3.63, 3.8) is 0 Å². The third-order valence-electron chi connectivity index (χ3n) is 1.98. The zero-order valence-corrected chi connectivity index (χ0v) is 8.47. The largest absolute Gasteiger partial charge is 0.494 e. The Bertz CT molecular complexity index is 291. The highest BCUT2D eigenvalue weighted by atomic mass is 16.5. The van der Waals surface area contributed by atoms with Crippen LogP contribution in [0.2, 0.25) is 0 Å². The lowest BCUT2D eigenvalue weighted by Gasteiger charge is -2.07. The summed E-state index contributed by atoms with van der Waals surface area (Å²) in [4.78, 5) is 0. The molecule has 3 N–H and O–H groups in total. The Labute approximate surface area is 89.3 Å². The molecule has 0 aliphatic rings. The second-order valence-electron chi connectivity index (χ2n) is 3.23. The van der Waals surface area contributed by atoms with Crippen molar-refractivity contribution in [1.82, 2.24) is 0 Å². The van der Waals surface area contributed by atoms with Crippen LogP contribution in [0.3, 0.4) is 0 Å². The first kappa shape index (κ1) is 12.0. The molecule has 1 aromatic rings. The Morgan fingerprint density at radius 2 is 2.00 bits per heavy atom. The quantitative estimate of drug-likeness (QED) is 0.438. The summed E-state index contributed by atoms with van der Waals surface area (Å²) in [5.41, 5.74) is 0.412. The van der Waals surface area contributed by atoms with Crippen molar-refractivity contribution < 1.29 is 19.9 Å². The predicted molar refractivity (Wildman–Crippen MR) is 58.1 cm³/mol. The van der Waals surface area contributed by atoms with Gasteiger partial charge in [0.2, 0.25) is 0 Å². The van der Waals surface area contributed by atoms with Crippen LogP contribution in [0, 0.1) is 0 Å². The van der Waals surface area contributed by atoms with Crippen LogP contribution in [0.15, 0.2) is 24.3 Å². The average Bonchev–Trinajstić information content (AvgIpc) is 2.25. The molecule has 0 saturated heterocycles. The highest BCUT2D eigenvalue weighted by Crippen LogP contribution is 2.08. The van der Waals surface area contributed by atoms with Crippen molar-refractivity contribution in [2.45, 2.75) is 12.8 Å². The number of hydrogen-bond acceptors (Lipinski definition) is 4. The van der Waals surface area contributed by atoms with E-state index in [2.05, 4.69) is 0 Å². The second kappa shape index (κ2) is 6.45. The Balaban J connectivity index is 2.43. The number of ether oxygens (including phenoxy) is 1. The Kier molecular flexibility index (Phi) is 5.17. The molecule has 0 atom stereocenters. The molecule has 0 amide bonds. The fraction of sp³-hybridized carbons (Fsp3) is 0.400. The topological polar surface area (TPSA) is 69.9 Å². The molecule has 0 unspecified atom stereocenters. The Hall–Kier alpha value is -1.04. The maximum Gasteiger partial charge on any atom is 0.488 e. The van der Waals surface area contributed by atoms with Crippen LogP contribution in [0.1, 0.15) is 12.8 Å². The first-order chi connectivity index (χ1) is 7.24. The number of hydrogen-bond donors (Lipinski definition) is 3. The molecule has 0 fully saturated rings. The molecule has 1 rings (SSSR count). The van der Waals surface area contributed by atoms with Crippen LogP contribution in [-0.4, -0.2) is 35.5 Å². The standard InChI is InChI=1S/C10H15BO4/c12-6-1-2-7-15-10-5-3-4-9(8-10)11(13)14/h3-5,8,12-14H,1-2,6-7H2. The van der Waals surface area contributed by atoms with Gasteiger partial charge in [0.25, 0.3) is 0 Å². The smallest absolute Gasteiger partial charge is 0.488 e. The molecule has 0 saturated carbocycles. The molecule has 0 aliphatic carbocycles. The third-order valence-corrected chi connectivity index (χ3v) is 1.98. The lowest BCUT2D eigenvalue weighted by molar-refractivity contribution is 0.253. The van der Waals surface area contributed by atoms with Gasteiger partial charge < -0.3 is 19.9 Å². The normalized spacial score (nSPS) is 10.1. The summed E-state index contributed by atoms with van der Waals surface area (Å²) in [6.07, 6.45) is 1.49. The SMILES string of the molecule is OCCCCOc1cccc(B(O)O)c1. The lowest BCUT2D eigenvalue weighted by atomic mass is 9.80. The monoisotopic (exact) mass is 210 g/mol. The first-order valence-electron chi connectivity index (χ1n) is 4.94. The maximum atomic E-state index is 8.92.